The number of hydrogen-bond donors (Lipinski definition) is 2. The summed E-state index contributed by atoms with van der Waals surface area (Å²) in [6, 6.07) is 1.97. The number of rotatable bonds is 1. The number of aliphatic hydroxyl groups is 1. The second-order valence-corrected chi connectivity index (χ2v) is 3.12. The Bertz CT molecular complexity index is 303. The highest BCUT2D eigenvalue weighted by molar-refractivity contribution is 5.48. The highest BCUT2D eigenvalue weighted by Gasteiger charge is 2.08. The van der Waals surface area contributed by atoms with Crippen LogP contribution in [0.3, 0.4) is 0 Å². The van der Waals surface area contributed by atoms with Gasteiger partial charge in [0.25, 0.3) is 0 Å². The van der Waals surface area contributed by atoms with Gasteiger partial charge in [0, 0.05) is 5.56 Å². The summed E-state index contributed by atoms with van der Waals surface area (Å²) >= 11 is 0. The van der Waals surface area contributed by atoms with E-state index in [1.807, 2.05) is 26.8 Å². The maximum atomic E-state index is 9.60. The van der Waals surface area contributed by atoms with Gasteiger partial charge >= 0.3 is 0 Å². The second-order valence-electron chi connectivity index (χ2n) is 3.12. The summed E-state index contributed by atoms with van der Waals surface area (Å²) in [5.74, 6) is 0.231. The van der Waals surface area contributed by atoms with Crippen molar-refractivity contribution in [3.8, 4) is 5.75 Å². The van der Waals surface area contributed by atoms with Crippen LogP contribution in [0.4, 0.5) is 0 Å². The fourth-order valence-corrected chi connectivity index (χ4v) is 1.32. The summed E-state index contributed by atoms with van der Waals surface area (Å²) in [7, 11) is 0. The van der Waals surface area contributed by atoms with Crippen molar-refractivity contribution in [3.63, 3.8) is 0 Å². The minimum absolute atomic E-state index is 0.0984. The van der Waals surface area contributed by atoms with E-state index < -0.39 is 0 Å². The van der Waals surface area contributed by atoms with Gasteiger partial charge in [-0.1, -0.05) is 6.07 Å². The van der Waals surface area contributed by atoms with Crippen LogP contribution in [-0.2, 0) is 6.61 Å². The molecule has 2 N–H and O–H groups in total. The topological polar surface area (TPSA) is 40.5 Å². The van der Waals surface area contributed by atoms with Gasteiger partial charge in [0.2, 0.25) is 0 Å². The molecule has 12 heavy (non-hydrogen) atoms. The molecule has 0 amide bonds. The number of aromatic hydroxyl groups is 1. The molecule has 0 bridgehead atoms. The molecule has 0 aliphatic rings. The number of aliphatic hydroxyl groups excluding tert-OH is 1. The van der Waals surface area contributed by atoms with Crippen LogP contribution >= 0.6 is 0 Å². The van der Waals surface area contributed by atoms with Gasteiger partial charge in [-0.3, -0.25) is 0 Å². The van der Waals surface area contributed by atoms with Crippen LogP contribution in [0.25, 0.3) is 0 Å². The van der Waals surface area contributed by atoms with Crippen molar-refractivity contribution >= 4 is 0 Å². The lowest BCUT2D eigenvalue weighted by Gasteiger charge is -2.10. The van der Waals surface area contributed by atoms with E-state index in [9.17, 15) is 5.11 Å². The average Bonchev–Trinajstić information content (AvgIpc) is 2.01. The summed E-state index contributed by atoms with van der Waals surface area (Å²) in [6.45, 7) is 5.59. The standard InChI is InChI=1S/C10H14O2/c1-6-4-7(2)9(5-11)10(12)8(6)3/h4,11-12H,5H2,1-3H3. The lowest BCUT2D eigenvalue weighted by atomic mass is 10.00. The second kappa shape index (κ2) is 3.15. The molecule has 66 valence electrons. The van der Waals surface area contributed by atoms with Gasteiger partial charge in [-0.2, -0.15) is 0 Å². The Morgan fingerprint density at radius 1 is 1.17 bits per heavy atom. The minimum Gasteiger partial charge on any atom is -0.507 e. The summed E-state index contributed by atoms with van der Waals surface area (Å²) in [5, 5.41) is 18.6. The maximum Gasteiger partial charge on any atom is 0.124 e. The van der Waals surface area contributed by atoms with E-state index in [0.717, 1.165) is 16.7 Å². The van der Waals surface area contributed by atoms with Crippen molar-refractivity contribution in [1.29, 1.82) is 0 Å². The molecule has 1 rings (SSSR count). The van der Waals surface area contributed by atoms with Crippen molar-refractivity contribution in [1.82, 2.24) is 0 Å². The third-order valence-electron chi connectivity index (χ3n) is 2.30. The molecule has 1 aromatic rings. The molecule has 0 radical (unpaired) electrons. The normalized spacial score (nSPS) is 10.3. The third-order valence-corrected chi connectivity index (χ3v) is 2.30. The van der Waals surface area contributed by atoms with Crippen LogP contribution in [0, 0.1) is 20.8 Å². The molecule has 0 saturated carbocycles. The Kier molecular flexibility index (Phi) is 2.38. The molecule has 0 heterocycles. The third kappa shape index (κ3) is 1.30. The van der Waals surface area contributed by atoms with Crippen molar-refractivity contribution in [2.75, 3.05) is 0 Å². The van der Waals surface area contributed by atoms with Gasteiger partial charge in [0.15, 0.2) is 0 Å². The van der Waals surface area contributed by atoms with Gasteiger partial charge in [0.05, 0.1) is 6.61 Å². The molecule has 0 aliphatic carbocycles. The first-order valence-electron chi connectivity index (χ1n) is 3.97. The van der Waals surface area contributed by atoms with E-state index in [1.165, 1.54) is 0 Å². The molecule has 0 aromatic heterocycles. The van der Waals surface area contributed by atoms with Crippen LogP contribution in [0.1, 0.15) is 22.3 Å². The average molecular weight is 166 g/mol. The Labute approximate surface area is 72.5 Å². The van der Waals surface area contributed by atoms with E-state index in [1.54, 1.807) is 0 Å². The van der Waals surface area contributed by atoms with E-state index in [-0.39, 0.29) is 12.4 Å². The number of hydrogen-bond acceptors (Lipinski definition) is 2. The number of aryl methyl sites for hydroxylation is 2. The van der Waals surface area contributed by atoms with Crippen LogP contribution in [0.15, 0.2) is 6.07 Å². The molecule has 0 saturated heterocycles. The monoisotopic (exact) mass is 166 g/mol. The molecule has 0 spiro atoms. The van der Waals surface area contributed by atoms with Gasteiger partial charge < -0.3 is 10.2 Å². The fraction of sp³-hybridized carbons (Fsp3) is 0.400. The van der Waals surface area contributed by atoms with E-state index in [0.29, 0.717) is 5.56 Å². The maximum absolute atomic E-state index is 9.60. The molecule has 2 heteroatoms. The largest absolute Gasteiger partial charge is 0.507 e. The van der Waals surface area contributed by atoms with Crippen LogP contribution in [0.5, 0.6) is 5.75 Å². The Morgan fingerprint density at radius 3 is 2.25 bits per heavy atom. The number of phenols is 1. The van der Waals surface area contributed by atoms with Crippen molar-refractivity contribution in [3.05, 3.63) is 28.3 Å². The highest BCUT2D eigenvalue weighted by Crippen LogP contribution is 2.27. The number of benzene rings is 1. The summed E-state index contributed by atoms with van der Waals surface area (Å²) in [5.41, 5.74) is 3.49. The SMILES string of the molecule is Cc1cc(C)c(CO)c(O)c1C. The summed E-state index contributed by atoms with van der Waals surface area (Å²) in [4.78, 5) is 0. The zero-order valence-electron chi connectivity index (χ0n) is 7.68. The molecule has 0 atom stereocenters. The molecule has 2 nitrogen and oxygen atoms in total. The van der Waals surface area contributed by atoms with Crippen molar-refractivity contribution in [2.45, 2.75) is 27.4 Å². The minimum atomic E-state index is -0.0984. The first-order chi connectivity index (χ1) is 5.57. The van der Waals surface area contributed by atoms with Crippen LogP contribution < -0.4 is 0 Å². The van der Waals surface area contributed by atoms with E-state index in [2.05, 4.69) is 0 Å². The van der Waals surface area contributed by atoms with Gasteiger partial charge in [0.1, 0.15) is 5.75 Å². The first kappa shape index (κ1) is 9.07. The lowest BCUT2D eigenvalue weighted by Crippen LogP contribution is -1.94. The molecule has 1 aromatic carbocycles. The molecular weight excluding hydrogens is 152 g/mol. The van der Waals surface area contributed by atoms with Crippen molar-refractivity contribution < 1.29 is 10.2 Å². The summed E-state index contributed by atoms with van der Waals surface area (Å²) in [6.07, 6.45) is 0. The van der Waals surface area contributed by atoms with Gasteiger partial charge in [-0.25, -0.2) is 0 Å². The summed E-state index contributed by atoms with van der Waals surface area (Å²) < 4.78 is 0. The van der Waals surface area contributed by atoms with Crippen LogP contribution in [0.2, 0.25) is 0 Å². The fourth-order valence-electron chi connectivity index (χ4n) is 1.32. The predicted molar refractivity (Wildman–Crippen MR) is 48.2 cm³/mol. The Morgan fingerprint density at radius 2 is 1.75 bits per heavy atom. The molecule has 0 unspecified atom stereocenters. The zero-order valence-corrected chi connectivity index (χ0v) is 7.68. The smallest absolute Gasteiger partial charge is 0.124 e. The van der Waals surface area contributed by atoms with Crippen molar-refractivity contribution in [2.24, 2.45) is 0 Å². The lowest BCUT2D eigenvalue weighted by molar-refractivity contribution is 0.274. The Hall–Kier alpha value is -1.02. The highest BCUT2D eigenvalue weighted by atomic mass is 16.3. The quantitative estimate of drug-likeness (QED) is 0.668. The van der Waals surface area contributed by atoms with Gasteiger partial charge in [-0.05, 0) is 37.5 Å². The molecule has 0 aliphatic heterocycles. The molecule has 0 fully saturated rings. The predicted octanol–water partition coefficient (Wildman–Crippen LogP) is 1.81. The zero-order chi connectivity index (χ0) is 9.30. The van der Waals surface area contributed by atoms with E-state index >= 15 is 0 Å². The van der Waals surface area contributed by atoms with E-state index in [4.69, 9.17) is 5.11 Å². The van der Waals surface area contributed by atoms with Gasteiger partial charge in [-0.15, -0.1) is 0 Å². The molecular formula is C10H14O2. The first-order valence-corrected chi connectivity index (χ1v) is 3.97. The Balaban J connectivity index is 3.40. The van der Waals surface area contributed by atoms with Crippen LogP contribution in [-0.4, -0.2) is 10.2 Å².